The molecule has 0 spiro atoms. The van der Waals surface area contributed by atoms with Gasteiger partial charge in [0.05, 0.1) is 5.60 Å². The van der Waals surface area contributed by atoms with Gasteiger partial charge in [0.15, 0.2) is 0 Å². The van der Waals surface area contributed by atoms with E-state index in [0.29, 0.717) is 6.54 Å². The number of nitrogens with zero attached hydrogens (tertiary/aromatic N) is 1. The highest BCUT2D eigenvalue weighted by Crippen LogP contribution is 2.32. The van der Waals surface area contributed by atoms with Gasteiger partial charge in [-0.05, 0) is 30.7 Å². The molecule has 0 bridgehead atoms. The quantitative estimate of drug-likeness (QED) is 0.848. The Bertz CT molecular complexity index is 529. The molecular weight excluding hydrogens is 212 g/mol. The Morgan fingerprint density at radius 3 is 2.82 bits per heavy atom. The van der Waals surface area contributed by atoms with Crippen LogP contribution in [0.2, 0.25) is 0 Å². The van der Waals surface area contributed by atoms with E-state index in [9.17, 15) is 5.11 Å². The Hall–Kier alpha value is -1.61. The monoisotopic (exact) mass is 228 g/mol. The van der Waals surface area contributed by atoms with Crippen LogP contribution in [0.3, 0.4) is 0 Å². The van der Waals surface area contributed by atoms with E-state index in [2.05, 4.69) is 22.4 Å². The lowest BCUT2D eigenvalue weighted by Gasteiger charge is -2.36. The highest BCUT2D eigenvalue weighted by molar-refractivity contribution is 5.91. The van der Waals surface area contributed by atoms with E-state index in [-0.39, 0.29) is 0 Å². The molecule has 88 valence electrons. The lowest BCUT2D eigenvalue weighted by molar-refractivity contribution is -0.0202. The molecule has 2 aromatic rings. The molecule has 1 aromatic heterocycles. The average Bonchev–Trinajstić information content (AvgIpc) is 2.34. The molecule has 0 radical (unpaired) electrons. The largest absolute Gasteiger partial charge is 0.388 e. The van der Waals surface area contributed by atoms with E-state index >= 15 is 0 Å². The number of hydrogen-bond donors (Lipinski definition) is 2. The maximum atomic E-state index is 10.1. The highest BCUT2D eigenvalue weighted by atomic mass is 16.3. The molecule has 3 nitrogen and oxygen atoms in total. The topological polar surface area (TPSA) is 45.1 Å². The second kappa shape index (κ2) is 4.00. The molecule has 3 heteroatoms. The Morgan fingerprint density at radius 1 is 1.24 bits per heavy atom. The van der Waals surface area contributed by atoms with Gasteiger partial charge in [-0.3, -0.25) is 0 Å². The zero-order chi connectivity index (χ0) is 11.7. The van der Waals surface area contributed by atoms with Crippen molar-refractivity contribution < 1.29 is 5.11 Å². The molecular formula is C14H16N2O. The van der Waals surface area contributed by atoms with Crippen molar-refractivity contribution in [1.82, 2.24) is 4.98 Å². The molecule has 2 N–H and O–H groups in total. The predicted octanol–water partition coefficient (Wildman–Crippen LogP) is 2.56. The van der Waals surface area contributed by atoms with E-state index < -0.39 is 5.60 Å². The summed E-state index contributed by atoms with van der Waals surface area (Å²) in [5, 5.41) is 15.6. The van der Waals surface area contributed by atoms with Gasteiger partial charge in [0.1, 0.15) is 5.82 Å². The lowest BCUT2D eigenvalue weighted by Crippen LogP contribution is -2.43. The van der Waals surface area contributed by atoms with Gasteiger partial charge >= 0.3 is 0 Å². The molecule has 0 amide bonds. The van der Waals surface area contributed by atoms with Crippen LogP contribution in [-0.2, 0) is 0 Å². The minimum absolute atomic E-state index is 0.515. The number of anilines is 1. The summed E-state index contributed by atoms with van der Waals surface area (Å²) in [6.07, 6.45) is 4.71. The van der Waals surface area contributed by atoms with Crippen LogP contribution in [0, 0.1) is 0 Å². The van der Waals surface area contributed by atoms with Gasteiger partial charge in [-0.25, -0.2) is 4.98 Å². The average molecular weight is 228 g/mol. The first kappa shape index (κ1) is 10.5. The third-order valence-electron chi connectivity index (χ3n) is 3.54. The second-order valence-electron chi connectivity index (χ2n) is 4.81. The molecule has 1 aromatic carbocycles. The second-order valence-corrected chi connectivity index (χ2v) is 4.81. The summed E-state index contributed by atoms with van der Waals surface area (Å²) in [6.45, 7) is 0.591. The van der Waals surface area contributed by atoms with Gasteiger partial charge in [0, 0.05) is 18.1 Å². The van der Waals surface area contributed by atoms with Crippen LogP contribution in [-0.4, -0.2) is 22.2 Å². The van der Waals surface area contributed by atoms with Crippen molar-refractivity contribution in [3.63, 3.8) is 0 Å². The molecule has 1 heterocycles. The molecule has 0 aliphatic heterocycles. The van der Waals surface area contributed by atoms with Crippen LogP contribution in [0.15, 0.2) is 36.5 Å². The number of fused-ring (bicyclic) bond motifs is 1. The van der Waals surface area contributed by atoms with Gasteiger partial charge < -0.3 is 10.4 Å². The summed E-state index contributed by atoms with van der Waals surface area (Å²) < 4.78 is 0. The number of nitrogens with one attached hydrogen (secondary N) is 1. The Morgan fingerprint density at radius 2 is 2.06 bits per heavy atom. The van der Waals surface area contributed by atoms with Crippen LogP contribution >= 0.6 is 0 Å². The van der Waals surface area contributed by atoms with Crippen LogP contribution in [0.4, 0.5) is 5.82 Å². The van der Waals surface area contributed by atoms with E-state index in [1.54, 1.807) is 6.20 Å². The van der Waals surface area contributed by atoms with E-state index in [1.807, 2.05) is 18.2 Å². The SMILES string of the molecule is OC1(CNc2nccc3ccccc23)CCC1. The van der Waals surface area contributed by atoms with Crippen LogP contribution in [0.1, 0.15) is 19.3 Å². The van der Waals surface area contributed by atoms with Crippen LogP contribution < -0.4 is 5.32 Å². The number of pyridine rings is 1. The zero-order valence-electron chi connectivity index (χ0n) is 9.69. The van der Waals surface area contributed by atoms with Crippen molar-refractivity contribution in [2.24, 2.45) is 0 Å². The van der Waals surface area contributed by atoms with E-state index in [0.717, 1.165) is 30.5 Å². The number of rotatable bonds is 3. The van der Waals surface area contributed by atoms with Gasteiger partial charge in [0.25, 0.3) is 0 Å². The third kappa shape index (κ3) is 1.98. The zero-order valence-corrected chi connectivity index (χ0v) is 9.69. The van der Waals surface area contributed by atoms with Gasteiger partial charge in [-0.2, -0.15) is 0 Å². The first-order valence-electron chi connectivity index (χ1n) is 6.07. The smallest absolute Gasteiger partial charge is 0.133 e. The molecule has 0 unspecified atom stereocenters. The van der Waals surface area contributed by atoms with Gasteiger partial charge in [-0.1, -0.05) is 24.3 Å². The predicted molar refractivity (Wildman–Crippen MR) is 69.0 cm³/mol. The van der Waals surface area contributed by atoms with Crippen molar-refractivity contribution in [1.29, 1.82) is 0 Å². The van der Waals surface area contributed by atoms with Crippen LogP contribution in [0.5, 0.6) is 0 Å². The Balaban J connectivity index is 1.85. The number of hydrogen-bond acceptors (Lipinski definition) is 3. The molecule has 0 saturated heterocycles. The van der Waals surface area contributed by atoms with E-state index in [1.165, 1.54) is 5.39 Å². The summed E-state index contributed by atoms with van der Waals surface area (Å²) in [7, 11) is 0. The summed E-state index contributed by atoms with van der Waals surface area (Å²) >= 11 is 0. The maximum absolute atomic E-state index is 10.1. The fourth-order valence-corrected chi connectivity index (χ4v) is 2.27. The molecule has 17 heavy (non-hydrogen) atoms. The van der Waals surface area contributed by atoms with Gasteiger partial charge in [0.2, 0.25) is 0 Å². The fraction of sp³-hybridized carbons (Fsp3) is 0.357. The molecule has 1 saturated carbocycles. The molecule has 1 aliphatic carbocycles. The van der Waals surface area contributed by atoms with Crippen molar-refractivity contribution >= 4 is 16.6 Å². The molecule has 1 fully saturated rings. The lowest BCUT2D eigenvalue weighted by atomic mass is 9.80. The minimum atomic E-state index is -0.515. The summed E-state index contributed by atoms with van der Waals surface area (Å²) in [4.78, 5) is 4.35. The first-order valence-corrected chi connectivity index (χ1v) is 6.07. The third-order valence-corrected chi connectivity index (χ3v) is 3.54. The highest BCUT2D eigenvalue weighted by Gasteiger charge is 2.34. The Kier molecular flexibility index (Phi) is 2.48. The summed E-state index contributed by atoms with van der Waals surface area (Å²) in [6, 6.07) is 10.1. The minimum Gasteiger partial charge on any atom is -0.388 e. The van der Waals surface area contributed by atoms with Crippen LogP contribution in [0.25, 0.3) is 10.8 Å². The van der Waals surface area contributed by atoms with Gasteiger partial charge in [-0.15, -0.1) is 0 Å². The molecule has 3 rings (SSSR count). The van der Waals surface area contributed by atoms with Crippen molar-refractivity contribution in [2.75, 3.05) is 11.9 Å². The number of benzene rings is 1. The van der Waals surface area contributed by atoms with Crippen molar-refractivity contribution in [3.8, 4) is 0 Å². The van der Waals surface area contributed by atoms with Crippen molar-refractivity contribution in [3.05, 3.63) is 36.5 Å². The molecule has 0 atom stereocenters. The fourth-order valence-electron chi connectivity index (χ4n) is 2.27. The van der Waals surface area contributed by atoms with E-state index in [4.69, 9.17) is 0 Å². The normalized spacial score (nSPS) is 17.7. The van der Waals surface area contributed by atoms with Crippen molar-refractivity contribution in [2.45, 2.75) is 24.9 Å². The molecule has 1 aliphatic rings. The number of aliphatic hydroxyl groups is 1. The summed E-state index contributed by atoms with van der Waals surface area (Å²) in [5.74, 6) is 0.864. The maximum Gasteiger partial charge on any atom is 0.133 e. The first-order chi connectivity index (χ1) is 8.27. The summed E-state index contributed by atoms with van der Waals surface area (Å²) in [5.41, 5.74) is -0.515. The Labute approximate surface area is 100 Å². The number of aromatic nitrogens is 1. The standard InChI is InChI=1S/C14H16N2O/c17-14(7-3-8-14)10-16-13-12-5-2-1-4-11(12)6-9-15-13/h1-2,4-6,9,17H,3,7-8,10H2,(H,15,16).